The van der Waals surface area contributed by atoms with Crippen LogP contribution < -0.4 is 34.7 Å². The average Bonchev–Trinajstić information content (AvgIpc) is 2.99. The van der Waals surface area contributed by atoms with E-state index in [0.717, 1.165) is 33.3 Å². The molecule has 164 valence electrons. The molecule has 2 N–H and O–H groups in total. The quantitative estimate of drug-likeness (QED) is 0.496. The Labute approximate surface area is 209 Å². The zero-order valence-corrected chi connectivity index (χ0v) is 20.9. The molecular formula is C25H27FNNaO4. The van der Waals surface area contributed by atoms with Crippen molar-refractivity contribution in [3.8, 4) is 11.1 Å². The molecule has 1 heterocycles. The van der Waals surface area contributed by atoms with E-state index < -0.39 is 24.6 Å². The fourth-order valence-electron chi connectivity index (χ4n) is 3.92. The normalized spacial score (nSPS) is 13.5. The summed E-state index contributed by atoms with van der Waals surface area (Å²) in [5, 5.41) is 31.8. The Morgan fingerprint density at radius 1 is 1.16 bits per heavy atom. The summed E-state index contributed by atoms with van der Waals surface area (Å²) in [7, 11) is 0. The van der Waals surface area contributed by atoms with Gasteiger partial charge in [0.05, 0.1) is 12.2 Å². The van der Waals surface area contributed by atoms with Crippen LogP contribution in [0, 0.1) is 12.7 Å². The number of aliphatic hydroxyl groups excluding tert-OH is 2. The molecule has 0 radical (unpaired) electrons. The van der Waals surface area contributed by atoms with E-state index >= 15 is 0 Å². The van der Waals surface area contributed by atoms with Crippen molar-refractivity contribution >= 4 is 22.9 Å². The third kappa shape index (κ3) is 6.09. The Balaban J connectivity index is 0.00000363. The minimum absolute atomic E-state index is 0. The van der Waals surface area contributed by atoms with Crippen molar-refractivity contribution in [2.45, 2.75) is 51.9 Å². The summed E-state index contributed by atoms with van der Waals surface area (Å²) in [6.45, 7) is 6.15. The van der Waals surface area contributed by atoms with Crippen molar-refractivity contribution in [3.05, 3.63) is 65.6 Å². The number of fused-ring (bicyclic) bond motifs is 1. The van der Waals surface area contributed by atoms with Crippen LogP contribution in [0.25, 0.3) is 28.1 Å². The number of nitrogens with zero attached hydrogens (tertiary/aromatic N) is 1. The van der Waals surface area contributed by atoms with E-state index in [9.17, 15) is 24.5 Å². The minimum Gasteiger partial charge on any atom is -0.550 e. The van der Waals surface area contributed by atoms with Crippen LogP contribution in [0.4, 0.5) is 4.39 Å². The molecule has 0 fully saturated rings. The van der Waals surface area contributed by atoms with Crippen molar-refractivity contribution in [1.82, 2.24) is 4.57 Å². The van der Waals surface area contributed by atoms with Crippen LogP contribution in [0.1, 0.15) is 44.0 Å². The molecule has 2 aromatic carbocycles. The van der Waals surface area contributed by atoms with Crippen molar-refractivity contribution < 1.29 is 54.1 Å². The van der Waals surface area contributed by atoms with Gasteiger partial charge < -0.3 is 24.7 Å². The molecule has 5 nitrogen and oxygen atoms in total. The summed E-state index contributed by atoms with van der Waals surface area (Å²) in [6, 6.07) is 12.6. The van der Waals surface area contributed by atoms with Gasteiger partial charge in [-0.15, -0.1) is 0 Å². The van der Waals surface area contributed by atoms with E-state index in [1.165, 1.54) is 12.1 Å². The number of benzene rings is 2. The van der Waals surface area contributed by atoms with E-state index in [4.69, 9.17) is 0 Å². The van der Waals surface area contributed by atoms with Crippen LogP contribution in [-0.4, -0.2) is 33.0 Å². The number of rotatable bonds is 8. The number of hydrogen-bond donors (Lipinski definition) is 2. The Hall–Kier alpha value is -1.96. The molecule has 1 aromatic heterocycles. The first-order chi connectivity index (χ1) is 14.7. The Morgan fingerprint density at radius 3 is 2.41 bits per heavy atom. The predicted molar refractivity (Wildman–Crippen MR) is 118 cm³/mol. The predicted octanol–water partition coefficient (Wildman–Crippen LogP) is 0.606. The number of hydrogen-bond acceptors (Lipinski definition) is 4. The second-order valence-electron chi connectivity index (χ2n) is 8.14. The summed E-state index contributed by atoms with van der Waals surface area (Å²) in [4.78, 5) is 10.6. The van der Waals surface area contributed by atoms with Gasteiger partial charge in [-0.05, 0) is 56.2 Å². The molecule has 3 rings (SSSR count). The van der Waals surface area contributed by atoms with Crippen molar-refractivity contribution in [3.63, 3.8) is 0 Å². The van der Waals surface area contributed by atoms with Crippen LogP contribution >= 0.6 is 0 Å². The molecule has 0 saturated carbocycles. The fourth-order valence-corrected chi connectivity index (χ4v) is 3.92. The second-order valence-corrected chi connectivity index (χ2v) is 8.14. The van der Waals surface area contributed by atoms with Crippen LogP contribution in [0.5, 0.6) is 0 Å². The third-order valence-electron chi connectivity index (χ3n) is 5.24. The van der Waals surface area contributed by atoms with Gasteiger partial charge >= 0.3 is 29.6 Å². The number of halogens is 1. The van der Waals surface area contributed by atoms with E-state index in [1.54, 1.807) is 24.3 Å². The Morgan fingerprint density at radius 2 is 1.81 bits per heavy atom. The Kier molecular flexibility index (Phi) is 9.25. The number of carbonyl (C=O) groups is 1. The van der Waals surface area contributed by atoms with Crippen LogP contribution in [0.15, 0.2) is 48.5 Å². The molecule has 0 amide bonds. The molecule has 0 unspecified atom stereocenters. The number of aromatic nitrogens is 1. The van der Waals surface area contributed by atoms with Gasteiger partial charge in [0, 0.05) is 47.0 Å². The van der Waals surface area contributed by atoms with E-state index in [1.807, 2.05) is 19.1 Å². The maximum Gasteiger partial charge on any atom is 1.00 e. The van der Waals surface area contributed by atoms with Gasteiger partial charge in [-0.3, -0.25) is 0 Å². The molecule has 7 heteroatoms. The number of carbonyl (C=O) groups excluding carboxylic acids is 1. The van der Waals surface area contributed by atoms with Crippen molar-refractivity contribution in [2.75, 3.05) is 0 Å². The number of aryl methyl sites for hydroxylation is 1. The molecule has 2 atom stereocenters. The molecule has 0 saturated heterocycles. The molecular weight excluding hydrogens is 420 g/mol. The average molecular weight is 447 g/mol. The first kappa shape index (κ1) is 26.3. The monoisotopic (exact) mass is 447 g/mol. The molecule has 3 aromatic rings. The molecule has 32 heavy (non-hydrogen) atoms. The van der Waals surface area contributed by atoms with E-state index in [2.05, 4.69) is 24.5 Å². The maximum atomic E-state index is 13.5. The number of aliphatic hydroxyl groups is 2. The molecule has 0 aliphatic carbocycles. The second kappa shape index (κ2) is 11.3. The van der Waals surface area contributed by atoms with Gasteiger partial charge in [-0.1, -0.05) is 30.3 Å². The topological polar surface area (TPSA) is 85.5 Å². The van der Waals surface area contributed by atoms with Crippen LogP contribution in [0.2, 0.25) is 0 Å². The molecule has 0 bridgehead atoms. The summed E-state index contributed by atoms with van der Waals surface area (Å²) in [5.74, 6) is -1.68. The van der Waals surface area contributed by atoms with Crippen LogP contribution in [0.3, 0.4) is 0 Å². The summed E-state index contributed by atoms with van der Waals surface area (Å²) >= 11 is 0. The van der Waals surface area contributed by atoms with Crippen molar-refractivity contribution in [2.24, 2.45) is 0 Å². The number of aliphatic carboxylic acids is 1. The third-order valence-corrected chi connectivity index (χ3v) is 5.24. The van der Waals surface area contributed by atoms with Crippen molar-refractivity contribution in [1.29, 1.82) is 0 Å². The molecule has 0 aliphatic heterocycles. The molecule has 0 aliphatic rings. The maximum absolute atomic E-state index is 13.5. The zero-order valence-electron chi connectivity index (χ0n) is 18.9. The van der Waals surface area contributed by atoms with Gasteiger partial charge in [0.2, 0.25) is 0 Å². The SMILES string of the molecule is Cc1ccc2c(-c3ccc(F)cc3)c(/C=C/[C@H](O)C[C@H](O)CC(=O)[O-])n(C(C)C)c2c1.[Na+]. The standard InChI is InChI=1S/C25H28FNO4.Na/c1-15(2)27-22(11-9-19(28)13-20(29)14-24(30)31)25(17-5-7-18(26)8-6-17)21-10-4-16(3)12-23(21)27;/h4-12,15,19-20,28-29H,13-14H2,1-3H3,(H,30,31);/q;+1/p-1/b11-9+;/t19-,20-;/m0./s1. The first-order valence-electron chi connectivity index (χ1n) is 10.3. The summed E-state index contributed by atoms with van der Waals surface area (Å²) < 4.78 is 15.7. The van der Waals surface area contributed by atoms with E-state index in [-0.39, 0.29) is 47.8 Å². The smallest absolute Gasteiger partial charge is 0.550 e. The Bertz CT molecular complexity index is 1110. The minimum atomic E-state index is -1.36. The number of carboxylic acids is 1. The van der Waals surface area contributed by atoms with Gasteiger partial charge in [0.25, 0.3) is 0 Å². The first-order valence-corrected chi connectivity index (χ1v) is 10.3. The van der Waals surface area contributed by atoms with E-state index in [0.29, 0.717) is 0 Å². The number of carboxylic acid groups (broad SMARTS) is 1. The molecule has 0 spiro atoms. The zero-order chi connectivity index (χ0) is 22.7. The van der Waals surface area contributed by atoms with Crippen LogP contribution in [-0.2, 0) is 4.79 Å². The van der Waals surface area contributed by atoms with Gasteiger partial charge in [0.15, 0.2) is 0 Å². The fraction of sp³-hybridized carbons (Fsp3) is 0.320. The van der Waals surface area contributed by atoms with Gasteiger partial charge in [-0.2, -0.15) is 0 Å². The van der Waals surface area contributed by atoms with Gasteiger partial charge in [-0.25, -0.2) is 4.39 Å². The summed E-state index contributed by atoms with van der Waals surface area (Å²) in [6.07, 6.45) is 0.459. The summed E-state index contributed by atoms with van der Waals surface area (Å²) in [5.41, 5.74) is 4.75. The largest absolute Gasteiger partial charge is 1.00 e. The van der Waals surface area contributed by atoms with Gasteiger partial charge in [0.1, 0.15) is 5.82 Å².